The van der Waals surface area contributed by atoms with Crippen LogP contribution in [0.5, 0.6) is 0 Å². The molecule has 1 heterocycles. The molecule has 0 aliphatic heterocycles. The van der Waals surface area contributed by atoms with Crippen molar-refractivity contribution in [2.45, 2.75) is 44.1 Å². The molecule has 0 saturated heterocycles. The Labute approximate surface area is 140 Å². The highest BCUT2D eigenvalue weighted by Crippen LogP contribution is 2.41. The van der Waals surface area contributed by atoms with Gasteiger partial charge in [-0.05, 0) is 31.7 Å². The van der Waals surface area contributed by atoms with Crippen molar-refractivity contribution >= 4 is 17.2 Å². The molecule has 1 aliphatic carbocycles. The lowest BCUT2D eigenvalue weighted by molar-refractivity contribution is 0.0948. The fraction of sp³-hybridized carbons (Fsp3) is 0.444. The second kappa shape index (κ2) is 7.23. The molecular weight excluding hydrogens is 308 g/mol. The molecule has 23 heavy (non-hydrogen) atoms. The number of benzene rings is 1. The van der Waals surface area contributed by atoms with E-state index in [4.69, 9.17) is 0 Å². The summed E-state index contributed by atoms with van der Waals surface area (Å²) in [6.07, 6.45) is 2.50. The molecule has 3 rings (SSSR count). The van der Waals surface area contributed by atoms with Crippen molar-refractivity contribution in [2.75, 3.05) is 6.54 Å². The largest absolute Gasteiger partial charge is 0.393 e. The van der Waals surface area contributed by atoms with Crippen molar-refractivity contribution in [3.8, 4) is 0 Å². The molecular formula is C18H22N2O2S. The molecule has 4 nitrogen and oxygen atoms in total. The maximum Gasteiger partial charge on any atom is 0.263 e. The van der Waals surface area contributed by atoms with Crippen LogP contribution in [0.15, 0.2) is 35.8 Å². The van der Waals surface area contributed by atoms with Crippen molar-refractivity contribution in [2.24, 2.45) is 0 Å². The number of hydrogen-bond acceptors (Lipinski definition) is 4. The van der Waals surface area contributed by atoms with E-state index in [1.807, 2.05) is 30.3 Å². The minimum absolute atomic E-state index is 0.0408. The molecule has 1 aromatic heterocycles. The molecule has 1 amide bonds. The molecule has 1 fully saturated rings. The van der Waals surface area contributed by atoms with Crippen LogP contribution < -0.4 is 5.32 Å². The Morgan fingerprint density at radius 3 is 2.78 bits per heavy atom. The predicted octanol–water partition coefficient (Wildman–Crippen LogP) is 3.31. The average Bonchev–Trinajstić information content (AvgIpc) is 3.28. The third kappa shape index (κ3) is 4.18. The number of aliphatic hydroxyl groups excluding tert-OH is 1. The number of nitrogens with one attached hydrogen (secondary N) is 1. The van der Waals surface area contributed by atoms with E-state index in [0.717, 1.165) is 29.0 Å². The van der Waals surface area contributed by atoms with Gasteiger partial charge in [0.1, 0.15) is 4.88 Å². The number of nitrogens with zero attached hydrogens (tertiary/aromatic N) is 1. The standard InChI is InChI=1S/C18H22N2O2S/c1-12(21)9-15(13-5-3-2-4-6-13)10-19-18(22)17-16(14-7-8-14)20-11-23-17/h2-6,11-12,14-15,21H,7-10H2,1H3,(H,19,22). The van der Waals surface area contributed by atoms with E-state index in [1.54, 1.807) is 12.4 Å². The van der Waals surface area contributed by atoms with Gasteiger partial charge in [-0.15, -0.1) is 11.3 Å². The number of carbonyl (C=O) groups is 1. The molecule has 2 unspecified atom stereocenters. The topological polar surface area (TPSA) is 62.2 Å². The number of rotatable bonds is 7. The van der Waals surface area contributed by atoms with Gasteiger partial charge >= 0.3 is 0 Å². The highest BCUT2D eigenvalue weighted by Gasteiger charge is 2.30. The zero-order valence-electron chi connectivity index (χ0n) is 13.2. The molecule has 2 N–H and O–H groups in total. The summed E-state index contributed by atoms with van der Waals surface area (Å²) in [6, 6.07) is 10.0. The Bertz CT molecular complexity index is 650. The van der Waals surface area contributed by atoms with Gasteiger partial charge in [-0.2, -0.15) is 0 Å². The number of amides is 1. The minimum atomic E-state index is -0.400. The summed E-state index contributed by atoms with van der Waals surface area (Å²) in [5, 5.41) is 12.8. The second-order valence-corrected chi connectivity index (χ2v) is 7.10. The molecule has 1 aromatic carbocycles. The Morgan fingerprint density at radius 2 is 2.13 bits per heavy atom. The Kier molecular flexibility index (Phi) is 5.08. The van der Waals surface area contributed by atoms with Crippen molar-refractivity contribution in [1.29, 1.82) is 0 Å². The summed E-state index contributed by atoms with van der Waals surface area (Å²) < 4.78 is 0. The number of aromatic nitrogens is 1. The highest BCUT2D eigenvalue weighted by molar-refractivity contribution is 7.11. The summed E-state index contributed by atoms with van der Waals surface area (Å²) >= 11 is 1.41. The number of hydrogen-bond donors (Lipinski definition) is 2. The first kappa shape index (κ1) is 16.1. The smallest absolute Gasteiger partial charge is 0.263 e. The maximum atomic E-state index is 12.5. The van der Waals surface area contributed by atoms with E-state index < -0.39 is 6.10 Å². The summed E-state index contributed by atoms with van der Waals surface area (Å²) in [5.74, 6) is 0.544. The van der Waals surface area contributed by atoms with Gasteiger partial charge in [-0.1, -0.05) is 30.3 Å². The number of thiazole rings is 1. The first-order valence-corrected chi connectivity index (χ1v) is 8.97. The minimum Gasteiger partial charge on any atom is -0.393 e. The molecule has 122 valence electrons. The first-order valence-electron chi connectivity index (χ1n) is 8.09. The van der Waals surface area contributed by atoms with Crippen molar-refractivity contribution in [1.82, 2.24) is 10.3 Å². The lowest BCUT2D eigenvalue weighted by atomic mass is 9.93. The quantitative estimate of drug-likeness (QED) is 0.819. The van der Waals surface area contributed by atoms with E-state index in [2.05, 4.69) is 10.3 Å². The van der Waals surface area contributed by atoms with Crippen LogP contribution in [0.1, 0.15) is 59.0 Å². The van der Waals surface area contributed by atoms with E-state index in [1.165, 1.54) is 11.3 Å². The molecule has 2 atom stereocenters. The Balaban J connectivity index is 1.66. The zero-order chi connectivity index (χ0) is 16.2. The van der Waals surface area contributed by atoms with Gasteiger partial charge in [0.15, 0.2) is 0 Å². The molecule has 0 spiro atoms. The Hall–Kier alpha value is -1.72. The summed E-state index contributed by atoms with van der Waals surface area (Å²) in [5.41, 5.74) is 3.85. The summed E-state index contributed by atoms with van der Waals surface area (Å²) in [7, 11) is 0. The highest BCUT2D eigenvalue weighted by atomic mass is 32.1. The van der Waals surface area contributed by atoms with Crippen LogP contribution in [0, 0.1) is 0 Å². The van der Waals surface area contributed by atoms with Gasteiger partial charge in [-0.3, -0.25) is 4.79 Å². The fourth-order valence-corrected chi connectivity index (χ4v) is 3.63. The zero-order valence-corrected chi connectivity index (χ0v) is 14.1. The van der Waals surface area contributed by atoms with Gasteiger partial charge < -0.3 is 10.4 Å². The van der Waals surface area contributed by atoms with Crippen LogP contribution in [0.4, 0.5) is 0 Å². The van der Waals surface area contributed by atoms with Gasteiger partial charge in [0.25, 0.3) is 5.91 Å². The predicted molar refractivity (Wildman–Crippen MR) is 91.9 cm³/mol. The van der Waals surface area contributed by atoms with Crippen LogP contribution in [0.3, 0.4) is 0 Å². The van der Waals surface area contributed by atoms with Crippen molar-refractivity contribution in [3.05, 3.63) is 52.0 Å². The number of carbonyl (C=O) groups excluding carboxylic acids is 1. The molecule has 2 aromatic rings. The Morgan fingerprint density at radius 1 is 1.39 bits per heavy atom. The molecule has 0 radical (unpaired) electrons. The molecule has 0 bridgehead atoms. The van der Waals surface area contributed by atoms with Crippen LogP contribution in [0.25, 0.3) is 0 Å². The lowest BCUT2D eigenvalue weighted by Gasteiger charge is -2.19. The SMILES string of the molecule is CC(O)CC(CNC(=O)c1scnc1C1CC1)c1ccccc1. The lowest BCUT2D eigenvalue weighted by Crippen LogP contribution is -2.29. The first-order chi connectivity index (χ1) is 11.1. The number of aliphatic hydroxyl groups is 1. The molecule has 5 heteroatoms. The van der Waals surface area contributed by atoms with Gasteiger partial charge in [-0.25, -0.2) is 4.98 Å². The van der Waals surface area contributed by atoms with Crippen LogP contribution in [-0.2, 0) is 0 Å². The third-order valence-corrected chi connectivity index (χ3v) is 5.01. The van der Waals surface area contributed by atoms with Gasteiger partial charge in [0, 0.05) is 18.4 Å². The summed E-state index contributed by atoms with van der Waals surface area (Å²) in [6.45, 7) is 2.31. The fourth-order valence-electron chi connectivity index (χ4n) is 2.84. The third-order valence-electron chi connectivity index (χ3n) is 4.17. The van der Waals surface area contributed by atoms with Crippen molar-refractivity contribution in [3.63, 3.8) is 0 Å². The van der Waals surface area contributed by atoms with Crippen LogP contribution in [0.2, 0.25) is 0 Å². The van der Waals surface area contributed by atoms with Crippen molar-refractivity contribution < 1.29 is 9.90 Å². The van der Waals surface area contributed by atoms with E-state index in [-0.39, 0.29) is 11.8 Å². The average molecular weight is 330 g/mol. The van der Waals surface area contributed by atoms with E-state index in [9.17, 15) is 9.90 Å². The molecule has 1 aliphatic rings. The van der Waals surface area contributed by atoms with Gasteiger partial charge in [0.2, 0.25) is 0 Å². The van der Waals surface area contributed by atoms with Crippen LogP contribution >= 0.6 is 11.3 Å². The van der Waals surface area contributed by atoms with E-state index >= 15 is 0 Å². The van der Waals surface area contributed by atoms with E-state index in [0.29, 0.717) is 18.9 Å². The van der Waals surface area contributed by atoms with Crippen LogP contribution in [-0.4, -0.2) is 28.6 Å². The summed E-state index contributed by atoms with van der Waals surface area (Å²) in [4.78, 5) is 17.6. The maximum absolute atomic E-state index is 12.5. The monoisotopic (exact) mass is 330 g/mol. The second-order valence-electron chi connectivity index (χ2n) is 6.24. The normalized spacial score (nSPS) is 16.8. The molecule has 1 saturated carbocycles. The van der Waals surface area contributed by atoms with Gasteiger partial charge in [0.05, 0.1) is 17.3 Å².